The highest BCUT2D eigenvalue weighted by molar-refractivity contribution is 5.70. The van der Waals surface area contributed by atoms with Crippen molar-refractivity contribution in [3.8, 4) is 11.3 Å². The third kappa shape index (κ3) is 5.72. The van der Waals surface area contributed by atoms with E-state index in [1.165, 1.54) is 22.3 Å². The fraction of sp³-hybridized carbons (Fsp3) is 0.233. The lowest BCUT2D eigenvalue weighted by atomic mass is 10.1. The minimum atomic E-state index is 0.421. The zero-order valence-corrected chi connectivity index (χ0v) is 22.1. The molecule has 1 aliphatic rings. The van der Waals surface area contributed by atoms with Crippen molar-refractivity contribution in [1.29, 1.82) is 0 Å². The van der Waals surface area contributed by atoms with E-state index in [9.17, 15) is 0 Å². The Morgan fingerprint density at radius 3 is 2.43 bits per heavy atom. The van der Waals surface area contributed by atoms with E-state index in [1.807, 2.05) is 38.2 Å². The van der Waals surface area contributed by atoms with Gasteiger partial charge in [0.2, 0.25) is 0 Å². The Bertz CT molecular complexity index is 1470. The fourth-order valence-corrected chi connectivity index (χ4v) is 4.28. The molecule has 0 unspecified atom stereocenters. The van der Waals surface area contributed by atoms with Crippen LogP contribution in [0.25, 0.3) is 22.6 Å². The van der Waals surface area contributed by atoms with Crippen LogP contribution in [0.1, 0.15) is 48.7 Å². The number of benzene rings is 2. The van der Waals surface area contributed by atoms with Crippen LogP contribution >= 0.6 is 0 Å². The number of nitrogens with two attached hydrogens (primary N) is 1. The van der Waals surface area contributed by atoms with E-state index in [-0.39, 0.29) is 0 Å². The number of anilines is 1. The number of rotatable bonds is 4. The average molecular weight is 494 g/mol. The summed E-state index contributed by atoms with van der Waals surface area (Å²) < 4.78 is 1.79. The molecule has 2 aromatic carbocycles. The van der Waals surface area contributed by atoms with Crippen LogP contribution in [0.15, 0.2) is 79.6 Å². The quantitative estimate of drug-likeness (QED) is 0.313. The summed E-state index contributed by atoms with van der Waals surface area (Å²) in [4.78, 5) is 7.11. The molecule has 1 aliphatic heterocycles. The van der Waals surface area contributed by atoms with Gasteiger partial charge in [-0.25, -0.2) is 9.50 Å². The summed E-state index contributed by atoms with van der Waals surface area (Å²) in [5, 5.41) is 11.5. The van der Waals surface area contributed by atoms with Crippen molar-refractivity contribution in [3.63, 3.8) is 0 Å². The number of hydrogen-bond acceptors (Lipinski definition) is 5. The van der Waals surface area contributed by atoms with Crippen molar-refractivity contribution in [2.45, 2.75) is 47.2 Å². The molecular formula is C30H35N7. The van der Waals surface area contributed by atoms with E-state index in [4.69, 9.17) is 10.7 Å². The number of aromatic nitrogens is 5. The predicted octanol–water partition coefficient (Wildman–Crippen LogP) is 6.15. The number of nitrogens with zero attached hydrogens (tertiary/aromatic N) is 5. The average Bonchev–Trinajstić information content (AvgIpc) is 3.69. The summed E-state index contributed by atoms with van der Waals surface area (Å²) in [7, 11) is 0. The zero-order chi connectivity index (χ0) is 26.4. The van der Waals surface area contributed by atoms with Crippen LogP contribution in [0.3, 0.4) is 0 Å². The van der Waals surface area contributed by atoms with Gasteiger partial charge in [0.15, 0.2) is 5.65 Å². The van der Waals surface area contributed by atoms with Gasteiger partial charge < -0.3 is 10.6 Å². The number of fused-ring (bicyclic) bond motifs is 2. The van der Waals surface area contributed by atoms with E-state index < -0.39 is 0 Å². The van der Waals surface area contributed by atoms with Crippen molar-refractivity contribution < 1.29 is 0 Å². The summed E-state index contributed by atoms with van der Waals surface area (Å²) >= 11 is 0. The normalized spacial score (nSPS) is 11.8. The molecule has 3 N–H and O–H groups in total. The summed E-state index contributed by atoms with van der Waals surface area (Å²) in [6.07, 6.45) is 4.76. The van der Waals surface area contributed by atoms with Gasteiger partial charge in [-0.2, -0.15) is 10.2 Å². The molecule has 0 bridgehead atoms. The van der Waals surface area contributed by atoms with Gasteiger partial charge in [0.25, 0.3) is 0 Å². The fourth-order valence-electron chi connectivity index (χ4n) is 4.28. The number of nitrogens with one attached hydrogen (secondary N) is 1. The molecule has 0 radical (unpaired) electrons. The minimum absolute atomic E-state index is 0.421. The molecule has 190 valence electrons. The highest BCUT2D eigenvalue weighted by Crippen LogP contribution is 2.31. The van der Waals surface area contributed by atoms with Crippen molar-refractivity contribution >= 4 is 17.2 Å². The van der Waals surface area contributed by atoms with Crippen LogP contribution in [0.5, 0.6) is 0 Å². The molecule has 3 aromatic heterocycles. The van der Waals surface area contributed by atoms with Crippen LogP contribution in [-0.4, -0.2) is 24.8 Å². The molecule has 0 spiro atoms. The molecule has 6 rings (SSSR count). The van der Waals surface area contributed by atoms with Crippen LogP contribution < -0.4 is 10.6 Å². The Morgan fingerprint density at radius 1 is 1.03 bits per heavy atom. The van der Waals surface area contributed by atoms with Crippen molar-refractivity contribution in [2.75, 3.05) is 4.90 Å². The first kappa shape index (κ1) is 25.7. The third-order valence-electron chi connectivity index (χ3n) is 6.20. The van der Waals surface area contributed by atoms with E-state index in [1.54, 1.807) is 10.7 Å². The van der Waals surface area contributed by atoms with Crippen molar-refractivity contribution in [1.82, 2.24) is 24.8 Å². The Morgan fingerprint density at radius 2 is 1.78 bits per heavy atom. The van der Waals surface area contributed by atoms with Gasteiger partial charge in [0.1, 0.15) is 11.5 Å². The van der Waals surface area contributed by atoms with Gasteiger partial charge >= 0.3 is 0 Å². The Labute approximate surface area is 218 Å². The second kappa shape index (κ2) is 11.6. The predicted molar refractivity (Wildman–Crippen MR) is 152 cm³/mol. The van der Waals surface area contributed by atoms with E-state index >= 15 is 0 Å². The maximum atomic E-state index is 5.85. The lowest BCUT2D eigenvalue weighted by molar-refractivity contribution is 0.846. The molecule has 5 aromatic rings. The Balaban J connectivity index is 0.000000272. The number of hydrogen-bond donors (Lipinski definition) is 2. The van der Waals surface area contributed by atoms with Crippen LogP contribution in [-0.2, 0) is 19.5 Å². The maximum Gasteiger partial charge on any atom is 0.158 e. The molecule has 0 atom stereocenters. The summed E-state index contributed by atoms with van der Waals surface area (Å²) in [5.41, 5.74) is 14.9. The molecule has 7 nitrogen and oxygen atoms in total. The molecule has 37 heavy (non-hydrogen) atoms. The minimum Gasteiger partial charge on any atom is -0.397 e. The monoisotopic (exact) mass is 493 g/mol. The molecule has 4 heterocycles. The molecule has 0 saturated heterocycles. The van der Waals surface area contributed by atoms with Crippen molar-refractivity contribution in [2.24, 2.45) is 5.73 Å². The van der Waals surface area contributed by atoms with Gasteiger partial charge in [0.05, 0.1) is 17.6 Å². The lowest BCUT2D eigenvalue weighted by Gasteiger charge is -2.17. The number of aryl methyl sites for hydroxylation is 2. The highest BCUT2D eigenvalue weighted by atomic mass is 15.3. The second-order valence-corrected chi connectivity index (χ2v) is 8.78. The first-order chi connectivity index (χ1) is 18.0. The zero-order valence-electron chi connectivity index (χ0n) is 22.1. The third-order valence-corrected chi connectivity index (χ3v) is 6.20. The first-order valence-corrected chi connectivity index (χ1v) is 12.7. The van der Waals surface area contributed by atoms with Gasteiger partial charge in [0, 0.05) is 37.0 Å². The molecular weight excluding hydrogens is 458 g/mol. The number of H-pyrrole nitrogens is 1. The molecule has 0 aliphatic carbocycles. The van der Waals surface area contributed by atoms with Gasteiger partial charge in [-0.1, -0.05) is 81.4 Å². The van der Waals surface area contributed by atoms with Crippen molar-refractivity contribution in [3.05, 3.63) is 108 Å². The summed E-state index contributed by atoms with van der Waals surface area (Å²) in [6.45, 7) is 13.8. The molecule has 0 fully saturated rings. The van der Waals surface area contributed by atoms with E-state index in [0.29, 0.717) is 11.4 Å². The summed E-state index contributed by atoms with van der Waals surface area (Å²) in [6, 6.07) is 21.0. The van der Waals surface area contributed by atoms with E-state index in [2.05, 4.69) is 83.1 Å². The largest absolute Gasteiger partial charge is 0.397 e. The Kier molecular flexibility index (Phi) is 8.03. The van der Waals surface area contributed by atoms with Gasteiger partial charge in [-0.15, -0.1) is 0 Å². The summed E-state index contributed by atoms with van der Waals surface area (Å²) in [5.74, 6) is 0.904. The van der Waals surface area contributed by atoms with Gasteiger partial charge in [-0.05, 0) is 30.0 Å². The molecule has 7 heteroatoms. The smallest absolute Gasteiger partial charge is 0.158 e. The standard InChI is InChI=1S/C20H19N7.C8H10.C2H6/c1-12-3-4-14-10-26(11-15(14)5-12)19-7-18(16-8-22-23-9-16)27-20(24-19)6-17(25-27)13(2)21;1-2-8-6-4-3-5-7-8;1-2/h3-9H,2,10-11,21H2,1H3,(H,22,23);3-7H,2H2,1H3;1-2H3. The molecule has 0 saturated carbocycles. The lowest BCUT2D eigenvalue weighted by Crippen LogP contribution is -2.17. The Hall–Kier alpha value is -4.39. The topological polar surface area (TPSA) is 88.1 Å². The number of aromatic amines is 1. The highest BCUT2D eigenvalue weighted by Gasteiger charge is 2.22. The SMILES string of the molecule is C=C(N)c1cc2nc(N3Cc4ccc(C)cc4C3)cc(-c3cn[nH]c3)n2n1.CC.CCc1ccccc1. The second-order valence-electron chi connectivity index (χ2n) is 8.78. The molecule has 0 amide bonds. The van der Waals surface area contributed by atoms with Gasteiger partial charge in [-0.3, -0.25) is 5.10 Å². The van der Waals surface area contributed by atoms with Crippen LogP contribution in [0.2, 0.25) is 0 Å². The van der Waals surface area contributed by atoms with Crippen LogP contribution in [0, 0.1) is 6.92 Å². The maximum absolute atomic E-state index is 5.85. The first-order valence-electron chi connectivity index (χ1n) is 12.7. The van der Waals surface area contributed by atoms with Crippen LogP contribution in [0.4, 0.5) is 5.82 Å². The van der Waals surface area contributed by atoms with E-state index in [0.717, 1.165) is 42.2 Å².